The Morgan fingerprint density at radius 2 is 2.13 bits per heavy atom. The van der Waals surface area contributed by atoms with E-state index >= 15 is 0 Å². The summed E-state index contributed by atoms with van der Waals surface area (Å²) in [6, 6.07) is 4.98. The fourth-order valence-electron chi connectivity index (χ4n) is 3.47. The number of carbonyl (C=O) groups excluding carboxylic acids is 1. The molecule has 4 rings (SSSR count). The van der Waals surface area contributed by atoms with Crippen LogP contribution in [0.3, 0.4) is 0 Å². The Balaban J connectivity index is 1.45. The number of benzene rings is 1. The lowest BCUT2D eigenvalue weighted by Gasteiger charge is -2.31. The maximum Gasteiger partial charge on any atom is 0.416 e. The third-order valence-corrected chi connectivity index (χ3v) is 4.97. The third-order valence-electron chi connectivity index (χ3n) is 4.97. The lowest BCUT2D eigenvalue weighted by Crippen LogP contribution is -2.42. The molecule has 1 fully saturated rings. The van der Waals surface area contributed by atoms with Gasteiger partial charge in [-0.25, -0.2) is 0 Å². The fourth-order valence-corrected chi connectivity index (χ4v) is 3.47. The van der Waals surface area contributed by atoms with E-state index in [4.69, 9.17) is 9.26 Å². The summed E-state index contributed by atoms with van der Waals surface area (Å²) in [5, 5.41) is 8.06. The van der Waals surface area contributed by atoms with Crippen molar-refractivity contribution in [3.63, 3.8) is 0 Å². The summed E-state index contributed by atoms with van der Waals surface area (Å²) in [5.74, 6) is 0.259. The number of halogens is 3. The smallest absolute Gasteiger partial charge is 0.365 e. The predicted molar refractivity (Wildman–Crippen MR) is 101 cm³/mol. The number of amides is 1. The monoisotopic (exact) mass is 435 g/mol. The second kappa shape index (κ2) is 8.14. The first-order valence-electron chi connectivity index (χ1n) is 9.60. The molecule has 0 aliphatic carbocycles. The minimum Gasteiger partial charge on any atom is -0.365 e. The van der Waals surface area contributed by atoms with E-state index in [1.165, 1.54) is 6.07 Å². The van der Waals surface area contributed by atoms with E-state index < -0.39 is 17.8 Å². The van der Waals surface area contributed by atoms with Crippen molar-refractivity contribution in [2.75, 3.05) is 19.7 Å². The van der Waals surface area contributed by atoms with Gasteiger partial charge >= 0.3 is 6.18 Å². The molecule has 0 bridgehead atoms. The molecule has 164 valence electrons. The lowest BCUT2D eigenvalue weighted by atomic mass is 10.1. The molecule has 1 aliphatic heterocycles. The summed E-state index contributed by atoms with van der Waals surface area (Å²) in [6.45, 7) is 2.69. The molecule has 0 saturated carbocycles. The van der Waals surface area contributed by atoms with Gasteiger partial charge in [0.15, 0.2) is 11.9 Å². The predicted octanol–water partition coefficient (Wildman–Crippen LogP) is 2.93. The van der Waals surface area contributed by atoms with Crippen LogP contribution in [0, 0.1) is 6.92 Å². The quantitative estimate of drug-likeness (QED) is 0.627. The second-order valence-corrected chi connectivity index (χ2v) is 7.34. The number of ether oxygens (including phenoxy) is 1. The van der Waals surface area contributed by atoms with Crippen LogP contribution >= 0.6 is 0 Å². The highest BCUT2D eigenvalue weighted by atomic mass is 19.4. The molecule has 1 aromatic carbocycles. The molecular formula is C20H20F3N5O3. The van der Waals surface area contributed by atoms with E-state index in [9.17, 15) is 18.0 Å². The minimum absolute atomic E-state index is 0.0810. The van der Waals surface area contributed by atoms with Crippen molar-refractivity contribution in [3.8, 4) is 0 Å². The van der Waals surface area contributed by atoms with Crippen LogP contribution in [0.5, 0.6) is 0 Å². The summed E-state index contributed by atoms with van der Waals surface area (Å²) in [6.07, 6.45) is -3.28. The van der Waals surface area contributed by atoms with Gasteiger partial charge in [-0.1, -0.05) is 23.4 Å². The van der Waals surface area contributed by atoms with Gasteiger partial charge in [0, 0.05) is 26.2 Å². The Kier molecular flexibility index (Phi) is 5.52. The number of rotatable bonds is 4. The maximum absolute atomic E-state index is 12.9. The highest BCUT2D eigenvalue weighted by molar-refractivity contribution is 5.95. The van der Waals surface area contributed by atoms with Gasteiger partial charge < -0.3 is 14.2 Å². The van der Waals surface area contributed by atoms with Crippen LogP contribution in [0.1, 0.15) is 45.0 Å². The van der Waals surface area contributed by atoms with E-state index in [2.05, 4.69) is 15.2 Å². The van der Waals surface area contributed by atoms with Gasteiger partial charge in [0.1, 0.15) is 0 Å². The second-order valence-electron chi connectivity index (χ2n) is 7.34. The zero-order valence-corrected chi connectivity index (χ0v) is 16.9. The zero-order chi connectivity index (χ0) is 22.2. The number of alkyl halides is 3. The molecule has 3 aromatic rings. The largest absolute Gasteiger partial charge is 0.416 e. The number of aryl methyl sites for hydroxylation is 2. The summed E-state index contributed by atoms with van der Waals surface area (Å²) < 4.78 is 51.2. The summed E-state index contributed by atoms with van der Waals surface area (Å²) in [4.78, 5) is 18.7. The van der Waals surface area contributed by atoms with Crippen molar-refractivity contribution >= 4 is 5.91 Å². The van der Waals surface area contributed by atoms with E-state index in [1.807, 2.05) is 0 Å². The maximum atomic E-state index is 12.9. The summed E-state index contributed by atoms with van der Waals surface area (Å²) in [7, 11) is 1.75. The van der Waals surface area contributed by atoms with Gasteiger partial charge in [-0.05, 0) is 18.6 Å². The van der Waals surface area contributed by atoms with Crippen LogP contribution in [0.2, 0.25) is 0 Å². The molecule has 0 N–H and O–H groups in total. The number of hydrogen-bond acceptors (Lipinski definition) is 6. The molecule has 1 atom stereocenters. The van der Waals surface area contributed by atoms with Gasteiger partial charge in [-0.3, -0.25) is 9.48 Å². The van der Waals surface area contributed by atoms with Crippen LogP contribution in [0.25, 0.3) is 0 Å². The molecule has 8 nitrogen and oxygen atoms in total. The molecule has 31 heavy (non-hydrogen) atoms. The number of nitrogens with zero attached hydrogens (tertiary/aromatic N) is 5. The first-order chi connectivity index (χ1) is 14.7. The van der Waals surface area contributed by atoms with Crippen molar-refractivity contribution in [2.45, 2.75) is 25.6 Å². The Bertz CT molecular complexity index is 1090. The molecule has 0 unspecified atom stereocenters. The number of aromatic nitrogens is 4. The Hall–Kier alpha value is -3.21. The normalized spacial score (nSPS) is 17.2. The van der Waals surface area contributed by atoms with Crippen LogP contribution in [-0.4, -0.2) is 50.4 Å². The van der Waals surface area contributed by atoms with E-state index in [1.54, 1.807) is 35.8 Å². The Morgan fingerprint density at radius 3 is 2.84 bits per heavy atom. The van der Waals surface area contributed by atoms with Gasteiger partial charge in [0.25, 0.3) is 11.8 Å². The van der Waals surface area contributed by atoms with Crippen molar-refractivity contribution < 1.29 is 27.2 Å². The van der Waals surface area contributed by atoms with Gasteiger partial charge in [-0.2, -0.15) is 23.3 Å². The highest BCUT2D eigenvalue weighted by Gasteiger charge is 2.32. The Labute approximate surface area is 175 Å². The lowest BCUT2D eigenvalue weighted by molar-refractivity contribution is -0.137. The highest BCUT2D eigenvalue weighted by Crippen LogP contribution is 2.30. The average Bonchev–Trinajstić information content (AvgIpc) is 3.33. The van der Waals surface area contributed by atoms with Crippen molar-refractivity contribution in [3.05, 3.63) is 64.6 Å². The Morgan fingerprint density at radius 1 is 1.32 bits per heavy atom. The third kappa shape index (κ3) is 4.61. The molecule has 0 spiro atoms. The van der Waals surface area contributed by atoms with Gasteiger partial charge in [0.05, 0.1) is 30.0 Å². The molecule has 3 heterocycles. The zero-order valence-electron chi connectivity index (χ0n) is 16.9. The molecule has 1 aliphatic rings. The minimum atomic E-state index is -4.42. The molecule has 1 saturated heterocycles. The van der Waals surface area contributed by atoms with Crippen LogP contribution in [0.15, 0.2) is 35.0 Å². The fraction of sp³-hybridized carbons (Fsp3) is 0.400. The first-order valence-corrected chi connectivity index (χ1v) is 9.60. The van der Waals surface area contributed by atoms with E-state index in [0.717, 1.165) is 12.1 Å². The summed E-state index contributed by atoms with van der Waals surface area (Å²) >= 11 is 0. The van der Waals surface area contributed by atoms with Crippen LogP contribution < -0.4 is 0 Å². The topological polar surface area (TPSA) is 86.3 Å². The molecule has 2 aromatic heterocycles. The molecule has 0 radical (unpaired) electrons. The molecule has 1 amide bonds. The summed E-state index contributed by atoms with van der Waals surface area (Å²) in [5.41, 5.74) is 0.829. The number of morpholine rings is 1. The van der Waals surface area contributed by atoms with Crippen molar-refractivity contribution in [1.29, 1.82) is 0 Å². The average molecular weight is 435 g/mol. The SMILES string of the molecule is Cc1nn(C)cc1C(=O)N1CCO[C@H](c2nc(Cc3cccc(C(F)(F)F)c3)no2)C1. The van der Waals surface area contributed by atoms with Crippen molar-refractivity contribution in [1.82, 2.24) is 24.8 Å². The molecule has 11 heteroatoms. The van der Waals surface area contributed by atoms with Crippen LogP contribution in [0.4, 0.5) is 13.2 Å². The molecular weight excluding hydrogens is 415 g/mol. The first kappa shape index (κ1) is 21.0. The van der Waals surface area contributed by atoms with E-state index in [-0.39, 0.29) is 30.6 Å². The standard InChI is InChI=1S/C20H20F3N5O3/c1-12-15(10-27(2)25-12)19(29)28-6-7-30-16(11-28)18-24-17(26-31-18)9-13-4-3-5-14(8-13)20(21,22)23/h3-5,8,10,16H,6-7,9,11H2,1-2H3/t16-/m0/s1. The van der Waals surface area contributed by atoms with Gasteiger partial charge in [-0.15, -0.1) is 0 Å². The van der Waals surface area contributed by atoms with Gasteiger partial charge in [0.2, 0.25) is 0 Å². The van der Waals surface area contributed by atoms with Crippen molar-refractivity contribution in [2.24, 2.45) is 7.05 Å². The van der Waals surface area contributed by atoms with E-state index in [0.29, 0.717) is 30.0 Å². The number of hydrogen-bond donors (Lipinski definition) is 0. The number of carbonyl (C=O) groups is 1. The van der Waals surface area contributed by atoms with Crippen LogP contribution in [-0.2, 0) is 24.4 Å².